The van der Waals surface area contributed by atoms with Crippen molar-refractivity contribution in [1.82, 2.24) is 15.2 Å². The Morgan fingerprint density at radius 2 is 2.06 bits per heavy atom. The number of hydrogen-bond donors (Lipinski definition) is 1. The molecule has 0 saturated carbocycles. The van der Waals surface area contributed by atoms with E-state index in [0.29, 0.717) is 6.04 Å². The molecule has 1 aromatic rings. The highest BCUT2D eigenvalue weighted by atomic mass is 35.5. The number of nitrogens with zero attached hydrogens (tertiary/aromatic N) is 2. The Bertz CT molecular complexity index is 343. The second-order valence-corrected chi connectivity index (χ2v) is 4.77. The molecule has 6 heteroatoms. The van der Waals surface area contributed by atoms with Crippen LogP contribution < -0.4 is 5.32 Å². The van der Waals surface area contributed by atoms with Crippen LogP contribution in [0.1, 0.15) is 18.4 Å². The number of hydrogen-bond acceptors (Lipinski definition) is 3. The lowest BCUT2D eigenvalue weighted by atomic mass is 10.0. The third-order valence-corrected chi connectivity index (χ3v) is 3.55. The number of halogens is 3. The van der Waals surface area contributed by atoms with Gasteiger partial charge in [0.2, 0.25) is 0 Å². The summed E-state index contributed by atoms with van der Waals surface area (Å²) in [6.07, 6.45) is 5.96. The van der Waals surface area contributed by atoms with Crippen molar-refractivity contribution in [2.24, 2.45) is 0 Å². The minimum absolute atomic E-state index is 0. The van der Waals surface area contributed by atoms with Crippen LogP contribution >= 0.6 is 36.4 Å². The van der Waals surface area contributed by atoms with Gasteiger partial charge in [0, 0.05) is 25.0 Å². The molecule has 18 heavy (non-hydrogen) atoms. The van der Waals surface area contributed by atoms with Crippen molar-refractivity contribution in [3.8, 4) is 0 Å². The number of nitrogens with one attached hydrogen (secondary N) is 1. The van der Waals surface area contributed by atoms with Crippen LogP contribution in [0.25, 0.3) is 0 Å². The van der Waals surface area contributed by atoms with E-state index in [2.05, 4.69) is 22.2 Å². The van der Waals surface area contributed by atoms with E-state index in [1.165, 1.54) is 12.8 Å². The van der Waals surface area contributed by atoms with E-state index in [-0.39, 0.29) is 24.8 Å². The molecule has 0 aliphatic carbocycles. The highest BCUT2D eigenvalue weighted by Gasteiger charge is 2.18. The molecule has 1 N–H and O–H groups in total. The minimum atomic E-state index is 0. The topological polar surface area (TPSA) is 28.2 Å². The summed E-state index contributed by atoms with van der Waals surface area (Å²) in [4.78, 5) is 6.40. The second-order valence-electron chi connectivity index (χ2n) is 4.36. The van der Waals surface area contributed by atoms with Gasteiger partial charge < -0.3 is 5.32 Å². The first-order chi connectivity index (χ1) is 7.77. The van der Waals surface area contributed by atoms with Crippen LogP contribution in [0, 0.1) is 0 Å². The molecule has 0 spiro atoms. The summed E-state index contributed by atoms with van der Waals surface area (Å²) >= 11 is 6.11. The highest BCUT2D eigenvalue weighted by molar-refractivity contribution is 6.31. The summed E-state index contributed by atoms with van der Waals surface area (Å²) in [5.41, 5.74) is 1.16. The van der Waals surface area contributed by atoms with Crippen molar-refractivity contribution in [2.75, 3.05) is 20.1 Å². The maximum atomic E-state index is 6.11. The lowest BCUT2D eigenvalue weighted by molar-refractivity contribution is 0.192. The molecule has 0 bridgehead atoms. The Kier molecular flexibility index (Phi) is 8.91. The fourth-order valence-corrected chi connectivity index (χ4v) is 2.36. The number of pyridine rings is 1. The van der Waals surface area contributed by atoms with Crippen molar-refractivity contribution >= 4 is 36.4 Å². The molecular formula is C12H20Cl3N3. The van der Waals surface area contributed by atoms with Crippen LogP contribution in [0.5, 0.6) is 0 Å². The van der Waals surface area contributed by atoms with Crippen molar-refractivity contribution in [2.45, 2.75) is 25.4 Å². The van der Waals surface area contributed by atoms with Gasteiger partial charge in [0.1, 0.15) is 0 Å². The van der Waals surface area contributed by atoms with Crippen LogP contribution in [0.15, 0.2) is 18.5 Å². The smallest absolute Gasteiger partial charge is 0.0634 e. The van der Waals surface area contributed by atoms with Crippen LogP contribution in [0.2, 0.25) is 5.02 Å². The monoisotopic (exact) mass is 311 g/mol. The van der Waals surface area contributed by atoms with E-state index in [4.69, 9.17) is 11.6 Å². The van der Waals surface area contributed by atoms with Crippen molar-refractivity contribution in [1.29, 1.82) is 0 Å². The lowest BCUT2D eigenvalue weighted by Gasteiger charge is -2.31. The van der Waals surface area contributed by atoms with Gasteiger partial charge in [-0.05, 0) is 44.6 Å². The lowest BCUT2D eigenvalue weighted by Crippen LogP contribution is -2.40. The summed E-state index contributed by atoms with van der Waals surface area (Å²) in [5.74, 6) is 0. The van der Waals surface area contributed by atoms with Crippen LogP contribution in [-0.2, 0) is 6.54 Å². The van der Waals surface area contributed by atoms with Crippen LogP contribution in [0.3, 0.4) is 0 Å². The van der Waals surface area contributed by atoms with E-state index in [9.17, 15) is 0 Å². The SMILES string of the molecule is CN(Cc1ccncc1Cl)C1CCNCC1.Cl.Cl. The minimum Gasteiger partial charge on any atom is -0.317 e. The molecule has 104 valence electrons. The molecule has 1 aromatic heterocycles. The molecule has 1 fully saturated rings. The van der Waals surface area contributed by atoms with Crippen molar-refractivity contribution in [3.05, 3.63) is 29.0 Å². The summed E-state index contributed by atoms with van der Waals surface area (Å²) < 4.78 is 0. The predicted molar refractivity (Wildman–Crippen MR) is 81.1 cm³/mol. The second kappa shape index (κ2) is 8.94. The summed E-state index contributed by atoms with van der Waals surface area (Å²) in [5, 5.41) is 4.15. The Balaban J connectivity index is 0.00000144. The molecule has 0 amide bonds. The molecule has 0 atom stereocenters. The normalized spacial score (nSPS) is 15.9. The molecule has 0 radical (unpaired) electrons. The zero-order valence-electron chi connectivity index (χ0n) is 10.4. The maximum absolute atomic E-state index is 6.11. The third-order valence-electron chi connectivity index (χ3n) is 3.21. The number of rotatable bonds is 3. The van der Waals surface area contributed by atoms with Gasteiger partial charge in [-0.1, -0.05) is 11.6 Å². The molecule has 1 aliphatic rings. The van der Waals surface area contributed by atoms with E-state index in [1.807, 2.05) is 6.07 Å². The zero-order valence-corrected chi connectivity index (χ0v) is 12.8. The Morgan fingerprint density at radius 3 is 2.67 bits per heavy atom. The Hall–Kier alpha value is -0.0600. The Morgan fingerprint density at radius 1 is 1.39 bits per heavy atom. The maximum Gasteiger partial charge on any atom is 0.0634 e. The summed E-state index contributed by atoms with van der Waals surface area (Å²) in [6.45, 7) is 3.16. The standard InChI is InChI=1S/C12H18ClN3.2ClH/c1-16(11-3-6-14-7-4-11)9-10-2-5-15-8-12(10)13;;/h2,5,8,11,14H,3-4,6-7,9H2,1H3;2*1H. The zero-order chi connectivity index (χ0) is 11.4. The molecule has 2 heterocycles. The van der Waals surface area contributed by atoms with Gasteiger partial charge in [0.25, 0.3) is 0 Å². The van der Waals surface area contributed by atoms with Gasteiger partial charge >= 0.3 is 0 Å². The van der Waals surface area contributed by atoms with Gasteiger partial charge in [0.15, 0.2) is 0 Å². The number of aromatic nitrogens is 1. The number of piperidine rings is 1. The molecule has 0 aromatic carbocycles. The van der Waals surface area contributed by atoms with E-state index in [1.54, 1.807) is 12.4 Å². The van der Waals surface area contributed by atoms with Gasteiger partial charge in [-0.15, -0.1) is 24.8 Å². The van der Waals surface area contributed by atoms with Gasteiger partial charge in [-0.25, -0.2) is 0 Å². The van der Waals surface area contributed by atoms with E-state index < -0.39 is 0 Å². The third kappa shape index (κ3) is 4.90. The fourth-order valence-electron chi connectivity index (χ4n) is 2.18. The van der Waals surface area contributed by atoms with Crippen molar-refractivity contribution in [3.63, 3.8) is 0 Å². The summed E-state index contributed by atoms with van der Waals surface area (Å²) in [7, 11) is 2.17. The quantitative estimate of drug-likeness (QED) is 0.930. The fraction of sp³-hybridized carbons (Fsp3) is 0.583. The van der Waals surface area contributed by atoms with Crippen LogP contribution in [-0.4, -0.2) is 36.1 Å². The van der Waals surface area contributed by atoms with Gasteiger partial charge in [-0.2, -0.15) is 0 Å². The van der Waals surface area contributed by atoms with Gasteiger partial charge in [0.05, 0.1) is 5.02 Å². The molecule has 2 rings (SSSR count). The van der Waals surface area contributed by atoms with E-state index >= 15 is 0 Å². The highest BCUT2D eigenvalue weighted by Crippen LogP contribution is 2.18. The first-order valence-electron chi connectivity index (χ1n) is 5.76. The average Bonchev–Trinajstić information content (AvgIpc) is 2.33. The Labute approximate surface area is 126 Å². The summed E-state index contributed by atoms with van der Waals surface area (Å²) in [6, 6.07) is 2.67. The van der Waals surface area contributed by atoms with E-state index in [0.717, 1.165) is 30.2 Å². The largest absolute Gasteiger partial charge is 0.317 e. The molecule has 1 aliphatic heterocycles. The van der Waals surface area contributed by atoms with Gasteiger partial charge in [-0.3, -0.25) is 9.88 Å². The predicted octanol–water partition coefficient (Wildman–Crippen LogP) is 2.76. The van der Waals surface area contributed by atoms with Crippen molar-refractivity contribution < 1.29 is 0 Å². The van der Waals surface area contributed by atoms with Crippen LogP contribution in [0.4, 0.5) is 0 Å². The average molecular weight is 313 g/mol. The molecule has 0 unspecified atom stereocenters. The first-order valence-corrected chi connectivity index (χ1v) is 6.14. The molecule has 3 nitrogen and oxygen atoms in total. The first kappa shape index (κ1) is 17.9. The molecular weight excluding hydrogens is 293 g/mol. The molecule has 1 saturated heterocycles.